The first-order valence-electron chi connectivity index (χ1n) is 7.17. The number of aliphatic hydroxyl groups excluding tert-OH is 1. The fourth-order valence-corrected chi connectivity index (χ4v) is 3.02. The summed E-state index contributed by atoms with van der Waals surface area (Å²) in [5, 5.41) is 32.5. The van der Waals surface area contributed by atoms with Crippen molar-refractivity contribution in [2.75, 3.05) is 11.9 Å². The van der Waals surface area contributed by atoms with Crippen LogP contribution >= 0.6 is 0 Å². The van der Waals surface area contributed by atoms with Crippen molar-refractivity contribution in [2.24, 2.45) is 0 Å². The Morgan fingerprint density at radius 3 is 2.19 bits per heavy atom. The molecule has 2 aromatic rings. The van der Waals surface area contributed by atoms with Crippen LogP contribution in [0.3, 0.4) is 0 Å². The number of phenolic OH excluding ortho intramolecular Hbond substituents is 2. The molecule has 0 bridgehead atoms. The maximum atomic E-state index is 10.1. The molecule has 2 aromatic carbocycles. The molecule has 0 fully saturated rings. The van der Waals surface area contributed by atoms with Gasteiger partial charge in [0.1, 0.15) is 11.5 Å². The largest absolute Gasteiger partial charge is 0.508 e. The van der Waals surface area contributed by atoms with Crippen LogP contribution < -0.4 is 5.32 Å². The lowest BCUT2D eigenvalue weighted by Gasteiger charge is -2.19. The van der Waals surface area contributed by atoms with Crippen molar-refractivity contribution < 1.29 is 15.3 Å². The molecule has 0 spiro atoms. The second-order valence-electron chi connectivity index (χ2n) is 5.45. The molecule has 21 heavy (non-hydrogen) atoms. The molecule has 4 heteroatoms. The molecule has 0 heterocycles. The van der Waals surface area contributed by atoms with Gasteiger partial charge in [0.05, 0.1) is 5.69 Å². The topological polar surface area (TPSA) is 72.7 Å². The summed E-state index contributed by atoms with van der Waals surface area (Å²) in [6.45, 7) is -0.0728. The van der Waals surface area contributed by atoms with E-state index < -0.39 is 0 Å². The Morgan fingerprint density at radius 1 is 0.952 bits per heavy atom. The molecular formula is C17H19NO3. The van der Waals surface area contributed by atoms with E-state index in [2.05, 4.69) is 17.4 Å². The molecule has 3 rings (SSSR count). The minimum Gasteiger partial charge on any atom is -0.508 e. The molecule has 110 valence electrons. The first-order chi connectivity index (χ1) is 10.2. The van der Waals surface area contributed by atoms with Crippen molar-refractivity contribution in [3.8, 4) is 11.5 Å². The minimum absolute atomic E-state index is 0.0728. The van der Waals surface area contributed by atoms with Gasteiger partial charge in [0.2, 0.25) is 0 Å². The van der Waals surface area contributed by atoms with E-state index in [1.807, 2.05) is 12.1 Å². The highest BCUT2D eigenvalue weighted by Gasteiger charge is 2.23. The molecule has 0 aliphatic heterocycles. The molecule has 0 aromatic heterocycles. The average Bonchev–Trinajstić information content (AvgIpc) is 2.89. The van der Waals surface area contributed by atoms with Crippen molar-refractivity contribution in [1.82, 2.24) is 0 Å². The van der Waals surface area contributed by atoms with Gasteiger partial charge in [-0.2, -0.15) is 0 Å². The summed E-state index contributed by atoms with van der Waals surface area (Å²) in [5.41, 5.74) is 3.73. The number of aromatic hydroxyl groups is 2. The molecule has 4 N–H and O–H groups in total. The summed E-state index contributed by atoms with van der Waals surface area (Å²) >= 11 is 0. The third kappa shape index (κ3) is 2.67. The zero-order chi connectivity index (χ0) is 14.8. The van der Waals surface area contributed by atoms with Gasteiger partial charge in [0.25, 0.3) is 0 Å². The molecule has 0 radical (unpaired) electrons. The standard InChI is InChI=1S/C17H19NO3/c19-8-7-14-15(20)5-6-16(21)17(14)18-13-9-11-3-1-2-4-12(11)10-13/h1-6,13,18-21H,7-10H2. The lowest BCUT2D eigenvalue weighted by Crippen LogP contribution is -2.20. The van der Waals surface area contributed by atoms with Crippen molar-refractivity contribution >= 4 is 5.69 Å². The highest BCUT2D eigenvalue weighted by atomic mass is 16.3. The predicted molar refractivity (Wildman–Crippen MR) is 81.8 cm³/mol. The van der Waals surface area contributed by atoms with Gasteiger partial charge in [0, 0.05) is 24.6 Å². The smallest absolute Gasteiger partial charge is 0.139 e. The molecule has 0 amide bonds. The first kappa shape index (κ1) is 13.8. The summed E-state index contributed by atoms with van der Waals surface area (Å²) in [6, 6.07) is 11.4. The Labute approximate surface area is 123 Å². The van der Waals surface area contributed by atoms with Gasteiger partial charge in [-0.05, 0) is 36.1 Å². The van der Waals surface area contributed by atoms with Gasteiger partial charge in [-0.25, -0.2) is 0 Å². The monoisotopic (exact) mass is 285 g/mol. The molecular weight excluding hydrogens is 266 g/mol. The van der Waals surface area contributed by atoms with E-state index >= 15 is 0 Å². The Morgan fingerprint density at radius 2 is 1.57 bits per heavy atom. The number of rotatable bonds is 4. The van der Waals surface area contributed by atoms with Gasteiger partial charge in [0.15, 0.2) is 0 Å². The second-order valence-corrected chi connectivity index (χ2v) is 5.45. The van der Waals surface area contributed by atoms with E-state index in [0.717, 1.165) is 12.8 Å². The van der Waals surface area contributed by atoms with Crippen LogP contribution in [0.25, 0.3) is 0 Å². The van der Waals surface area contributed by atoms with Crippen LogP contribution in [0, 0.1) is 0 Å². The van der Waals surface area contributed by atoms with Crippen molar-refractivity contribution in [3.05, 3.63) is 53.1 Å². The number of aliphatic hydroxyl groups is 1. The molecule has 1 aliphatic carbocycles. The van der Waals surface area contributed by atoms with Crippen LogP contribution in [-0.4, -0.2) is 28.0 Å². The number of hydrogen-bond acceptors (Lipinski definition) is 4. The van der Waals surface area contributed by atoms with E-state index in [9.17, 15) is 10.2 Å². The van der Waals surface area contributed by atoms with Gasteiger partial charge >= 0.3 is 0 Å². The maximum Gasteiger partial charge on any atom is 0.139 e. The predicted octanol–water partition coefficient (Wildman–Crippen LogP) is 2.21. The molecule has 0 saturated carbocycles. The first-order valence-corrected chi connectivity index (χ1v) is 7.17. The van der Waals surface area contributed by atoms with Crippen LogP contribution in [0.4, 0.5) is 5.69 Å². The van der Waals surface area contributed by atoms with E-state index in [1.165, 1.54) is 23.3 Å². The van der Waals surface area contributed by atoms with Crippen molar-refractivity contribution in [2.45, 2.75) is 25.3 Å². The summed E-state index contributed by atoms with van der Waals surface area (Å²) in [4.78, 5) is 0. The molecule has 0 saturated heterocycles. The average molecular weight is 285 g/mol. The highest BCUT2D eigenvalue weighted by molar-refractivity contribution is 5.66. The zero-order valence-electron chi connectivity index (χ0n) is 11.7. The normalized spacial score (nSPS) is 14.1. The number of benzene rings is 2. The summed E-state index contributed by atoms with van der Waals surface area (Å²) in [7, 11) is 0. The Hall–Kier alpha value is -2.20. The molecule has 0 atom stereocenters. The second kappa shape index (κ2) is 5.66. The van der Waals surface area contributed by atoms with Crippen molar-refractivity contribution in [1.29, 1.82) is 0 Å². The third-order valence-corrected chi connectivity index (χ3v) is 4.03. The van der Waals surface area contributed by atoms with Gasteiger partial charge in [-0.3, -0.25) is 0 Å². The zero-order valence-corrected chi connectivity index (χ0v) is 11.7. The number of phenols is 2. The minimum atomic E-state index is -0.0728. The summed E-state index contributed by atoms with van der Waals surface area (Å²) in [6.07, 6.45) is 2.09. The Balaban J connectivity index is 1.85. The quantitative estimate of drug-likeness (QED) is 0.513. The summed E-state index contributed by atoms with van der Waals surface area (Å²) < 4.78 is 0. The Kier molecular flexibility index (Phi) is 3.71. The lowest BCUT2D eigenvalue weighted by atomic mass is 10.1. The number of fused-ring (bicyclic) bond motifs is 1. The molecule has 1 aliphatic rings. The lowest BCUT2D eigenvalue weighted by molar-refractivity contribution is 0.297. The van der Waals surface area contributed by atoms with Gasteiger partial charge < -0.3 is 20.6 Å². The molecule has 0 unspecified atom stereocenters. The van der Waals surface area contributed by atoms with E-state index in [-0.39, 0.29) is 24.1 Å². The van der Waals surface area contributed by atoms with Crippen molar-refractivity contribution in [3.63, 3.8) is 0 Å². The number of hydrogen-bond donors (Lipinski definition) is 4. The van der Waals surface area contributed by atoms with Crippen LogP contribution in [0.1, 0.15) is 16.7 Å². The summed E-state index contributed by atoms with van der Waals surface area (Å²) in [5.74, 6) is 0.201. The SMILES string of the molecule is OCCc1c(O)ccc(O)c1NC1Cc2ccccc2C1. The van der Waals surface area contributed by atoms with E-state index in [0.29, 0.717) is 17.7 Å². The van der Waals surface area contributed by atoms with E-state index in [4.69, 9.17) is 5.11 Å². The van der Waals surface area contributed by atoms with Gasteiger partial charge in [-0.1, -0.05) is 24.3 Å². The van der Waals surface area contributed by atoms with Crippen LogP contribution in [0.5, 0.6) is 11.5 Å². The van der Waals surface area contributed by atoms with E-state index in [1.54, 1.807) is 0 Å². The van der Waals surface area contributed by atoms with Crippen LogP contribution in [0.15, 0.2) is 36.4 Å². The fraction of sp³-hybridized carbons (Fsp3) is 0.294. The van der Waals surface area contributed by atoms with Gasteiger partial charge in [-0.15, -0.1) is 0 Å². The number of nitrogens with one attached hydrogen (secondary N) is 1. The maximum absolute atomic E-state index is 10.1. The Bertz CT molecular complexity index is 629. The van der Waals surface area contributed by atoms with Crippen LogP contribution in [-0.2, 0) is 19.3 Å². The third-order valence-electron chi connectivity index (χ3n) is 4.03. The molecule has 4 nitrogen and oxygen atoms in total. The number of anilines is 1. The fourth-order valence-electron chi connectivity index (χ4n) is 3.02. The van der Waals surface area contributed by atoms with Crippen LogP contribution in [0.2, 0.25) is 0 Å². The highest BCUT2D eigenvalue weighted by Crippen LogP contribution is 2.36.